The van der Waals surface area contributed by atoms with Gasteiger partial charge in [-0.2, -0.15) is 0 Å². The zero-order valence-corrected chi connectivity index (χ0v) is 14.3. The van der Waals surface area contributed by atoms with E-state index in [0.29, 0.717) is 32.1 Å². The summed E-state index contributed by atoms with van der Waals surface area (Å²) in [4.78, 5) is 19.9. The molecule has 3 heterocycles. The Morgan fingerprint density at radius 2 is 2.39 bits per heavy atom. The van der Waals surface area contributed by atoms with Crippen molar-refractivity contribution >= 4 is 17.1 Å². The molecular weight excluding hydrogens is 312 g/mol. The number of hydrogen-bond acceptors (Lipinski definition) is 6. The largest absolute Gasteiger partial charge is 0.448 e. The smallest absolute Gasteiger partial charge is 0.181 e. The summed E-state index contributed by atoms with van der Waals surface area (Å²) in [5.41, 5.74) is 0.968. The Kier molecular flexibility index (Phi) is 5.25. The lowest BCUT2D eigenvalue weighted by molar-refractivity contribution is -0.0132. The van der Waals surface area contributed by atoms with Gasteiger partial charge < -0.3 is 9.15 Å². The maximum Gasteiger partial charge on any atom is 0.181 e. The standard InChI is InChI=1S/C17H22N2O3S/c1-12(2)17-14(18-11-22-17)9-19-5-6-21-10-13(19)8-15(20)16-4-3-7-23-16/h3-4,7,11-13H,5-6,8-10H2,1-2H3. The maximum absolute atomic E-state index is 12.4. The Hall–Kier alpha value is -1.50. The highest BCUT2D eigenvalue weighted by Crippen LogP contribution is 2.23. The number of aromatic nitrogens is 1. The van der Waals surface area contributed by atoms with E-state index in [2.05, 4.69) is 23.7 Å². The van der Waals surface area contributed by atoms with Gasteiger partial charge in [-0.1, -0.05) is 19.9 Å². The Bertz CT molecular complexity index is 636. The second-order valence-electron chi connectivity index (χ2n) is 6.12. The summed E-state index contributed by atoms with van der Waals surface area (Å²) in [6.45, 7) is 7.00. The number of morpholine rings is 1. The van der Waals surface area contributed by atoms with Crippen LogP contribution in [0.4, 0.5) is 0 Å². The van der Waals surface area contributed by atoms with Crippen molar-refractivity contribution in [3.8, 4) is 0 Å². The van der Waals surface area contributed by atoms with Crippen molar-refractivity contribution in [2.75, 3.05) is 19.8 Å². The highest BCUT2D eigenvalue weighted by Gasteiger charge is 2.28. The van der Waals surface area contributed by atoms with Crippen LogP contribution in [0.25, 0.3) is 0 Å². The van der Waals surface area contributed by atoms with Crippen LogP contribution in [0, 0.1) is 0 Å². The molecule has 0 bridgehead atoms. The summed E-state index contributed by atoms with van der Waals surface area (Å²) >= 11 is 1.50. The third-order valence-corrected chi connectivity index (χ3v) is 5.03. The average molecular weight is 334 g/mol. The molecule has 1 unspecified atom stereocenters. The van der Waals surface area contributed by atoms with Gasteiger partial charge in [0.05, 0.1) is 23.8 Å². The normalized spacial score (nSPS) is 19.3. The SMILES string of the molecule is CC(C)c1ocnc1CN1CCOCC1CC(=O)c1cccs1. The molecule has 1 fully saturated rings. The minimum atomic E-state index is 0.0927. The molecule has 124 valence electrons. The van der Waals surface area contributed by atoms with Gasteiger partial charge in [0.15, 0.2) is 12.2 Å². The number of carbonyl (C=O) groups is 1. The average Bonchev–Trinajstić information content (AvgIpc) is 3.20. The summed E-state index contributed by atoms with van der Waals surface area (Å²) in [6.07, 6.45) is 1.99. The molecule has 0 aromatic carbocycles. The number of Topliss-reactive ketones (excluding diaryl/α,β-unsaturated/α-hetero) is 1. The summed E-state index contributed by atoms with van der Waals surface area (Å²) in [6, 6.07) is 3.89. The van der Waals surface area contributed by atoms with Crippen molar-refractivity contribution in [1.29, 1.82) is 0 Å². The van der Waals surface area contributed by atoms with Crippen molar-refractivity contribution in [3.63, 3.8) is 0 Å². The highest BCUT2D eigenvalue weighted by atomic mass is 32.1. The summed E-state index contributed by atoms with van der Waals surface area (Å²) in [5, 5.41) is 1.94. The van der Waals surface area contributed by atoms with Gasteiger partial charge in [0.25, 0.3) is 0 Å². The predicted molar refractivity (Wildman–Crippen MR) is 88.9 cm³/mol. The predicted octanol–water partition coefficient (Wildman–Crippen LogP) is 3.33. The van der Waals surface area contributed by atoms with Crippen LogP contribution in [-0.2, 0) is 11.3 Å². The monoisotopic (exact) mass is 334 g/mol. The fourth-order valence-corrected chi connectivity index (χ4v) is 3.57. The number of nitrogens with zero attached hydrogens (tertiary/aromatic N) is 2. The fraction of sp³-hybridized carbons (Fsp3) is 0.529. The van der Waals surface area contributed by atoms with Crippen LogP contribution in [0.3, 0.4) is 0 Å². The molecular formula is C17H22N2O3S. The van der Waals surface area contributed by atoms with Gasteiger partial charge in [0.2, 0.25) is 0 Å². The number of carbonyl (C=O) groups excluding carboxylic acids is 1. The van der Waals surface area contributed by atoms with Gasteiger partial charge in [-0.15, -0.1) is 11.3 Å². The number of thiophene rings is 1. The molecule has 1 aliphatic heterocycles. The Morgan fingerprint density at radius 3 is 3.13 bits per heavy atom. The van der Waals surface area contributed by atoms with E-state index in [4.69, 9.17) is 9.15 Å². The molecule has 2 aromatic rings. The zero-order valence-electron chi connectivity index (χ0n) is 13.5. The number of ketones is 1. The van der Waals surface area contributed by atoms with Crippen LogP contribution in [0.15, 0.2) is 28.3 Å². The third kappa shape index (κ3) is 3.88. The van der Waals surface area contributed by atoms with Gasteiger partial charge in [0.1, 0.15) is 5.76 Å². The van der Waals surface area contributed by atoms with E-state index in [9.17, 15) is 4.79 Å². The molecule has 1 atom stereocenters. The molecule has 23 heavy (non-hydrogen) atoms. The first-order chi connectivity index (χ1) is 11.1. The van der Waals surface area contributed by atoms with Crippen molar-refractivity contribution in [1.82, 2.24) is 9.88 Å². The maximum atomic E-state index is 12.4. The molecule has 1 aliphatic rings. The molecule has 0 spiro atoms. The first-order valence-electron chi connectivity index (χ1n) is 7.96. The molecule has 6 heteroatoms. The van der Waals surface area contributed by atoms with E-state index in [1.165, 1.54) is 17.7 Å². The molecule has 3 rings (SSSR count). The summed E-state index contributed by atoms with van der Waals surface area (Å²) in [7, 11) is 0. The summed E-state index contributed by atoms with van der Waals surface area (Å²) < 4.78 is 11.1. The lowest BCUT2D eigenvalue weighted by Gasteiger charge is -2.34. The Morgan fingerprint density at radius 1 is 1.52 bits per heavy atom. The highest BCUT2D eigenvalue weighted by molar-refractivity contribution is 7.12. The minimum absolute atomic E-state index is 0.0927. The van der Waals surface area contributed by atoms with Crippen LogP contribution < -0.4 is 0 Å². The number of ether oxygens (including phenoxy) is 1. The van der Waals surface area contributed by atoms with Gasteiger partial charge in [-0.3, -0.25) is 9.69 Å². The lowest BCUT2D eigenvalue weighted by Crippen LogP contribution is -2.46. The van der Waals surface area contributed by atoms with Crippen LogP contribution in [0.2, 0.25) is 0 Å². The fourth-order valence-electron chi connectivity index (χ4n) is 2.90. The van der Waals surface area contributed by atoms with Crippen LogP contribution in [0.5, 0.6) is 0 Å². The zero-order chi connectivity index (χ0) is 16.2. The topological polar surface area (TPSA) is 55.6 Å². The van der Waals surface area contributed by atoms with Crippen LogP contribution >= 0.6 is 11.3 Å². The molecule has 0 N–H and O–H groups in total. The molecule has 0 saturated carbocycles. The first-order valence-corrected chi connectivity index (χ1v) is 8.84. The Balaban J connectivity index is 1.69. The molecule has 0 radical (unpaired) electrons. The van der Waals surface area contributed by atoms with E-state index < -0.39 is 0 Å². The molecule has 5 nitrogen and oxygen atoms in total. The van der Waals surface area contributed by atoms with Gasteiger partial charge >= 0.3 is 0 Å². The van der Waals surface area contributed by atoms with Gasteiger partial charge in [-0.25, -0.2) is 4.98 Å². The van der Waals surface area contributed by atoms with E-state index in [1.807, 2.05) is 17.5 Å². The van der Waals surface area contributed by atoms with Crippen molar-refractivity contribution in [2.24, 2.45) is 0 Å². The van der Waals surface area contributed by atoms with Gasteiger partial charge in [0, 0.05) is 31.5 Å². The minimum Gasteiger partial charge on any atom is -0.448 e. The molecule has 2 aromatic heterocycles. The first kappa shape index (κ1) is 16.4. The number of oxazole rings is 1. The third-order valence-electron chi connectivity index (χ3n) is 4.12. The quantitative estimate of drug-likeness (QED) is 0.759. The molecule has 0 amide bonds. The van der Waals surface area contributed by atoms with Crippen molar-refractivity contribution in [2.45, 2.75) is 38.8 Å². The van der Waals surface area contributed by atoms with Crippen molar-refractivity contribution in [3.05, 3.63) is 40.2 Å². The van der Waals surface area contributed by atoms with Crippen LogP contribution in [0.1, 0.15) is 47.3 Å². The second-order valence-corrected chi connectivity index (χ2v) is 7.07. The van der Waals surface area contributed by atoms with Crippen LogP contribution in [-0.4, -0.2) is 41.5 Å². The van der Waals surface area contributed by atoms with E-state index >= 15 is 0 Å². The number of rotatable bonds is 6. The number of hydrogen-bond donors (Lipinski definition) is 0. The van der Waals surface area contributed by atoms with Crippen molar-refractivity contribution < 1.29 is 13.9 Å². The molecule has 1 saturated heterocycles. The Labute approximate surface area is 140 Å². The lowest BCUT2D eigenvalue weighted by atomic mass is 10.1. The van der Waals surface area contributed by atoms with Gasteiger partial charge in [-0.05, 0) is 11.4 Å². The molecule has 0 aliphatic carbocycles. The van der Waals surface area contributed by atoms with E-state index in [1.54, 1.807) is 0 Å². The summed E-state index contributed by atoms with van der Waals surface area (Å²) in [5.74, 6) is 1.42. The van der Waals surface area contributed by atoms with E-state index in [-0.39, 0.29) is 11.8 Å². The van der Waals surface area contributed by atoms with E-state index in [0.717, 1.165) is 22.9 Å². The second kappa shape index (κ2) is 7.38.